The molecule has 0 amide bonds. The molecule has 6 heteroatoms. The van der Waals surface area contributed by atoms with E-state index in [0.29, 0.717) is 33.0 Å². The Kier molecular flexibility index (Phi) is 17.7. The van der Waals surface area contributed by atoms with Gasteiger partial charge in [-0.25, -0.2) is 4.79 Å². The molecule has 0 radical (unpaired) electrons. The van der Waals surface area contributed by atoms with Gasteiger partial charge in [-0.05, 0) is 17.3 Å². The third kappa shape index (κ3) is 17.8. The zero-order chi connectivity index (χ0) is 15.6. The van der Waals surface area contributed by atoms with E-state index in [4.69, 9.17) is 18.9 Å². The summed E-state index contributed by atoms with van der Waals surface area (Å²) in [5, 5.41) is 0. The Hall–Kier alpha value is -0.180. The molecule has 0 saturated carbocycles. The average molecular weight is 414 g/mol. The number of ether oxygens (including phenoxy) is 4. The summed E-state index contributed by atoms with van der Waals surface area (Å²) in [4.78, 5) is 10.7. The molecule has 0 aromatic rings. The molecule has 5 nitrogen and oxygen atoms in total. The van der Waals surface area contributed by atoms with E-state index in [1.165, 1.54) is 23.7 Å². The first-order valence-electron chi connectivity index (χ1n) is 7.39. The van der Waals surface area contributed by atoms with Gasteiger partial charge in [0.15, 0.2) is 0 Å². The summed E-state index contributed by atoms with van der Waals surface area (Å²) in [7, 11) is 0. The molecule has 0 N–H and O–H groups in total. The number of hydrogen-bond donors (Lipinski definition) is 0. The number of hydrogen-bond acceptors (Lipinski definition) is 5. The van der Waals surface area contributed by atoms with Crippen molar-refractivity contribution in [2.24, 2.45) is 0 Å². The van der Waals surface area contributed by atoms with Crippen LogP contribution in [-0.4, -0.2) is 56.6 Å². The molecule has 0 aromatic carbocycles. The van der Waals surface area contributed by atoms with Gasteiger partial charge in [-0.1, -0.05) is 42.0 Å². The Morgan fingerprint density at radius 3 is 1.90 bits per heavy atom. The summed E-state index contributed by atoms with van der Waals surface area (Å²) < 4.78 is 22.0. The van der Waals surface area contributed by atoms with Gasteiger partial charge < -0.3 is 18.9 Å². The number of esters is 1. The van der Waals surface area contributed by atoms with E-state index in [0.717, 1.165) is 19.1 Å². The van der Waals surface area contributed by atoms with E-state index < -0.39 is 5.97 Å². The molecule has 0 atom stereocenters. The lowest BCUT2D eigenvalue weighted by atomic mass is 10.2. The second-order valence-corrected chi connectivity index (χ2v) is 5.39. The number of halogens is 1. The molecule has 0 fully saturated rings. The zero-order valence-corrected chi connectivity index (χ0v) is 14.8. The first-order valence-corrected chi connectivity index (χ1v) is 8.92. The van der Waals surface area contributed by atoms with Crippen LogP contribution in [0.2, 0.25) is 0 Å². The van der Waals surface area contributed by atoms with Crippen LogP contribution in [0.25, 0.3) is 0 Å². The maximum Gasteiger partial charge on any atom is 0.330 e. The van der Waals surface area contributed by atoms with E-state index in [-0.39, 0.29) is 6.61 Å². The fraction of sp³-hybridized carbons (Fsp3) is 0.800. The van der Waals surface area contributed by atoms with Crippen molar-refractivity contribution < 1.29 is 23.7 Å². The summed E-state index contributed by atoms with van der Waals surface area (Å²) in [6.07, 6.45) is 6.10. The van der Waals surface area contributed by atoms with E-state index in [1.807, 2.05) is 0 Å². The standard InChI is InChI=1S/C15H27IO5/c1-2-15(17)21-14-13-20-12-11-19-10-9-18-8-6-4-3-5-7-16/h2H,1,3-14H2. The lowest BCUT2D eigenvalue weighted by molar-refractivity contribution is -0.139. The number of alkyl halides is 1. The maximum atomic E-state index is 10.7. The highest BCUT2D eigenvalue weighted by Crippen LogP contribution is 2.02. The van der Waals surface area contributed by atoms with Crippen LogP contribution in [-0.2, 0) is 23.7 Å². The third-order valence-electron chi connectivity index (χ3n) is 2.55. The Labute approximate surface area is 141 Å². The van der Waals surface area contributed by atoms with Crippen LogP contribution in [0.3, 0.4) is 0 Å². The van der Waals surface area contributed by atoms with Crippen LogP contribution in [0, 0.1) is 0 Å². The van der Waals surface area contributed by atoms with Gasteiger partial charge >= 0.3 is 5.97 Å². The van der Waals surface area contributed by atoms with E-state index >= 15 is 0 Å². The van der Waals surface area contributed by atoms with Crippen LogP contribution in [0.4, 0.5) is 0 Å². The highest BCUT2D eigenvalue weighted by Gasteiger charge is 1.95. The highest BCUT2D eigenvalue weighted by atomic mass is 127. The molecule has 0 aliphatic carbocycles. The van der Waals surface area contributed by atoms with Gasteiger partial charge in [-0.3, -0.25) is 0 Å². The van der Waals surface area contributed by atoms with Gasteiger partial charge in [-0.15, -0.1) is 0 Å². The van der Waals surface area contributed by atoms with Crippen molar-refractivity contribution in [1.82, 2.24) is 0 Å². The highest BCUT2D eigenvalue weighted by molar-refractivity contribution is 14.1. The monoisotopic (exact) mass is 414 g/mol. The third-order valence-corrected chi connectivity index (χ3v) is 3.32. The summed E-state index contributed by atoms with van der Waals surface area (Å²) in [6.45, 7) is 6.95. The number of carbonyl (C=O) groups excluding carboxylic acids is 1. The molecular formula is C15H27IO5. The minimum Gasteiger partial charge on any atom is -0.460 e. The molecule has 0 unspecified atom stereocenters. The number of rotatable bonds is 16. The van der Waals surface area contributed by atoms with Crippen molar-refractivity contribution in [1.29, 1.82) is 0 Å². The molecule has 0 bridgehead atoms. The SMILES string of the molecule is C=CC(=O)OCCOCCOCCOCCCCCCI. The Morgan fingerprint density at radius 2 is 1.33 bits per heavy atom. The summed E-state index contributed by atoms with van der Waals surface area (Å²) in [6, 6.07) is 0. The van der Waals surface area contributed by atoms with Crippen LogP contribution in [0.5, 0.6) is 0 Å². The molecule has 0 aromatic heterocycles. The number of unbranched alkanes of at least 4 members (excludes halogenated alkanes) is 3. The minimum atomic E-state index is -0.429. The lowest BCUT2D eigenvalue weighted by Gasteiger charge is -2.07. The predicted octanol–water partition coefficient (Wildman–Crippen LogP) is 2.76. The van der Waals surface area contributed by atoms with Gasteiger partial charge in [0.1, 0.15) is 6.61 Å². The van der Waals surface area contributed by atoms with Gasteiger partial charge in [0.05, 0.1) is 33.0 Å². The average Bonchev–Trinajstić information content (AvgIpc) is 2.50. The number of carbonyl (C=O) groups is 1. The Morgan fingerprint density at radius 1 is 0.810 bits per heavy atom. The first kappa shape index (κ1) is 20.8. The maximum absolute atomic E-state index is 10.7. The van der Waals surface area contributed by atoms with Crippen molar-refractivity contribution in [3.8, 4) is 0 Å². The molecule has 0 saturated heterocycles. The molecule has 0 spiro atoms. The molecule has 21 heavy (non-hydrogen) atoms. The van der Waals surface area contributed by atoms with Crippen LogP contribution in [0.1, 0.15) is 25.7 Å². The van der Waals surface area contributed by atoms with Crippen LogP contribution >= 0.6 is 22.6 Å². The zero-order valence-electron chi connectivity index (χ0n) is 12.7. The molecular weight excluding hydrogens is 387 g/mol. The van der Waals surface area contributed by atoms with Crippen LogP contribution in [0.15, 0.2) is 12.7 Å². The van der Waals surface area contributed by atoms with Crippen molar-refractivity contribution >= 4 is 28.6 Å². The second-order valence-electron chi connectivity index (χ2n) is 4.31. The van der Waals surface area contributed by atoms with Gasteiger partial charge in [0, 0.05) is 12.7 Å². The Bertz CT molecular complexity index is 248. The molecule has 0 heterocycles. The van der Waals surface area contributed by atoms with Crippen molar-refractivity contribution in [3.63, 3.8) is 0 Å². The van der Waals surface area contributed by atoms with Gasteiger partial charge in [-0.2, -0.15) is 0 Å². The molecule has 0 rings (SSSR count). The van der Waals surface area contributed by atoms with Crippen LogP contribution < -0.4 is 0 Å². The van der Waals surface area contributed by atoms with Gasteiger partial charge in [0.2, 0.25) is 0 Å². The van der Waals surface area contributed by atoms with E-state index in [2.05, 4.69) is 29.2 Å². The topological polar surface area (TPSA) is 54.0 Å². The lowest BCUT2D eigenvalue weighted by Crippen LogP contribution is -2.13. The van der Waals surface area contributed by atoms with Crippen molar-refractivity contribution in [2.45, 2.75) is 25.7 Å². The fourth-order valence-electron chi connectivity index (χ4n) is 1.45. The van der Waals surface area contributed by atoms with E-state index in [1.54, 1.807) is 0 Å². The smallest absolute Gasteiger partial charge is 0.330 e. The first-order chi connectivity index (χ1) is 10.3. The largest absolute Gasteiger partial charge is 0.460 e. The minimum absolute atomic E-state index is 0.242. The second kappa shape index (κ2) is 17.9. The summed E-state index contributed by atoms with van der Waals surface area (Å²) in [5.74, 6) is -0.429. The summed E-state index contributed by atoms with van der Waals surface area (Å²) in [5.41, 5.74) is 0. The van der Waals surface area contributed by atoms with Gasteiger partial charge in [0.25, 0.3) is 0 Å². The van der Waals surface area contributed by atoms with E-state index in [9.17, 15) is 4.79 Å². The fourth-order valence-corrected chi connectivity index (χ4v) is 1.99. The quantitative estimate of drug-likeness (QED) is 0.128. The van der Waals surface area contributed by atoms with Crippen molar-refractivity contribution in [3.05, 3.63) is 12.7 Å². The summed E-state index contributed by atoms with van der Waals surface area (Å²) >= 11 is 2.41. The molecule has 0 aliphatic rings. The predicted molar refractivity (Wildman–Crippen MR) is 91.0 cm³/mol. The molecule has 124 valence electrons. The molecule has 0 aliphatic heterocycles. The normalized spacial score (nSPS) is 10.5. The Balaban J connectivity index is 2.99. The van der Waals surface area contributed by atoms with Crippen molar-refractivity contribution in [2.75, 3.05) is 50.7 Å².